The number of rotatable bonds is 5. The molecule has 0 aromatic carbocycles. The van der Waals surface area contributed by atoms with E-state index in [1.165, 1.54) is 0 Å². The lowest BCUT2D eigenvalue weighted by Gasteiger charge is -2.05. The molecule has 3 nitrogen and oxygen atoms in total. The van der Waals surface area contributed by atoms with Crippen molar-refractivity contribution < 1.29 is 9.84 Å². The highest BCUT2D eigenvalue weighted by atomic mass is 35.5. The number of hydrogen-bond acceptors (Lipinski definition) is 3. The third-order valence-electron chi connectivity index (χ3n) is 1.61. The van der Waals surface area contributed by atoms with Crippen LogP contribution in [0.25, 0.3) is 0 Å². The lowest BCUT2D eigenvalue weighted by atomic mass is 10.3. The molecule has 76 valence electrons. The maximum atomic E-state index is 8.90. The molecule has 1 rings (SSSR count). The second kappa shape index (κ2) is 5.62. The molecule has 0 amide bonds. The fraction of sp³-hybridized carbons (Fsp3) is 0.300. The second-order valence-electron chi connectivity index (χ2n) is 2.66. The van der Waals surface area contributed by atoms with Crippen molar-refractivity contribution in [1.29, 1.82) is 0 Å². The minimum absolute atomic E-state index is 0.183. The van der Waals surface area contributed by atoms with Crippen LogP contribution >= 0.6 is 11.6 Å². The largest absolute Gasteiger partial charge is 0.477 e. The zero-order valence-corrected chi connectivity index (χ0v) is 8.50. The van der Waals surface area contributed by atoms with E-state index in [4.69, 9.17) is 21.4 Å². The van der Waals surface area contributed by atoms with E-state index in [2.05, 4.69) is 11.6 Å². The van der Waals surface area contributed by atoms with Crippen LogP contribution in [0.4, 0.5) is 0 Å². The molecule has 0 atom stereocenters. The van der Waals surface area contributed by atoms with Gasteiger partial charge in [0.05, 0.1) is 23.9 Å². The highest BCUT2D eigenvalue weighted by Crippen LogP contribution is 2.17. The number of halogens is 1. The second-order valence-corrected chi connectivity index (χ2v) is 3.07. The van der Waals surface area contributed by atoms with Gasteiger partial charge in [0.25, 0.3) is 0 Å². The highest BCUT2D eigenvalue weighted by molar-refractivity contribution is 6.31. The third kappa shape index (κ3) is 3.01. The Morgan fingerprint density at radius 3 is 3.00 bits per heavy atom. The van der Waals surface area contributed by atoms with Crippen LogP contribution in [0.3, 0.4) is 0 Å². The number of aliphatic hydroxyl groups is 1. The van der Waals surface area contributed by atoms with Crippen LogP contribution in [0.1, 0.15) is 12.1 Å². The van der Waals surface area contributed by atoms with Gasteiger partial charge in [0.15, 0.2) is 0 Å². The van der Waals surface area contributed by atoms with Crippen molar-refractivity contribution in [2.75, 3.05) is 6.61 Å². The number of ether oxygens (including phenoxy) is 1. The normalized spacial score (nSPS) is 9.86. The number of nitrogens with zero attached hydrogens (tertiary/aromatic N) is 1. The van der Waals surface area contributed by atoms with Crippen molar-refractivity contribution >= 4 is 11.6 Å². The minimum atomic E-state index is -0.183. The lowest BCUT2D eigenvalue weighted by Crippen LogP contribution is -2.00. The number of aromatic nitrogens is 1. The van der Waals surface area contributed by atoms with Crippen molar-refractivity contribution in [1.82, 2.24) is 4.98 Å². The van der Waals surface area contributed by atoms with Crippen LogP contribution in [0.2, 0.25) is 5.02 Å². The standard InChI is InChI=1S/C10H12ClNO2/c1-2-3-6-14-10-5-4-8(11)9(7-13)12-10/h2,4-5,13H,1,3,6-7H2. The Morgan fingerprint density at radius 1 is 1.57 bits per heavy atom. The molecule has 0 fully saturated rings. The SMILES string of the molecule is C=CCCOc1ccc(Cl)c(CO)n1. The van der Waals surface area contributed by atoms with E-state index in [1.807, 2.05) is 0 Å². The average molecular weight is 214 g/mol. The molecule has 0 spiro atoms. The zero-order valence-electron chi connectivity index (χ0n) is 7.74. The van der Waals surface area contributed by atoms with Gasteiger partial charge in [0.2, 0.25) is 5.88 Å². The average Bonchev–Trinajstić information content (AvgIpc) is 2.21. The Bertz CT molecular complexity index is 315. The van der Waals surface area contributed by atoms with Crippen LogP contribution in [0.5, 0.6) is 5.88 Å². The maximum Gasteiger partial charge on any atom is 0.213 e. The summed E-state index contributed by atoms with van der Waals surface area (Å²) in [5, 5.41) is 9.34. The van der Waals surface area contributed by atoms with Crippen LogP contribution in [-0.2, 0) is 6.61 Å². The van der Waals surface area contributed by atoms with Gasteiger partial charge in [-0.25, -0.2) is 4.98 Å². The van der Waals surface area contributed by atoms with Gasteiger partial charge in [-0.3, -0.25) is 0 Å². The molecule has 0 saturated carbocycles. The van der Waals surface area contributed by atoms with Gasteiger partial charge in [-0.2, -0.15) is 0 Å². The molecule has 4 heteroatoms. The first-order chi connectivity index (χ1) is 6.77. The molecule has 1 aromatic heterocycles. The molecule has 0 radical (unpaired) electrons. The fourth-order valence-corrected chi connectivity index (χ4v) is 1.07. The summed E-state index contributed by atoms with van der Waals surface area (Å²) in [7, 11) is 0. The first kappa shape index (κ1) is 11.0. The quantitative estimate of drug-likeness (QED) is 0.602. The monoisotopic (exact) mass is 213 g/mol. The number of hydrogen-bond donors (Lipinski definition) is 1. The van der Waals surface area contributed by atoms with Crippen LogP contribution in [0.15, 0.2) is 24.8 Å². The molecule has 0 bridgehead atoms. The maximum absolute atomic E-state index is 8.90. The predicted molar refractivity (Wildman–Crippen MR) is 55.5 cm³/mol. The molecule has 0 aliphatic carbocycles. The van der Waals surface area contributed by atoms with Gasteiger partial charge in [-0.15, -0.1) is 6.58 Å². The van der Waals surface area contributed by atoms with E-state index < -0.39 is 0 Å². The Labute approximate surface area is 88.0 Å². The number of pyridine rings is 1. The first-order valence-corrected chi connectivity index (χ1v) is 4.65. The first-order valence-electron chi connectivity index (χ1n) is 4.28. The summed E-state index contributed by atoms with van der Waals surface area (Å²) in [6, 6.07) is 3.33. The molecule has 0 unspecified atom stereocenters. The van der Waals surface area contributed by atoms with Crippen LogP contribution in [-0.4, -0.2) is 16.7 Å². The minimum Gasteiger partial charge on any atom is -0.477 e. The molecule has 1 aromatic rings. The summed E-state index contributed by atoms with van der Waals surface area (Å²) in [6.45, 7) is 3.93. The summed E-state index contributed by atoms with van der Waals surface area (Å²) in [5.74, 6) is 0.473. The van der Waals surface area contributed by atoms with E-state index in [1.54, 1.807) is 18.2 Å². The van der Waals surface area contributed by atoms with Gasteiger partial charge in [0, 0.05) is 6.07 Å². The Kier molecular flexibility index (Phi) is 4.43. The molecule has 1 N–H and O–H groups in total. The van der Waals surface area contributed by atoms with Crippen molar-refractivity contribution in [2.24, 2.45) is 0 Å². The smallest absolute Gasteiger partial charge is 0.213 e. The van der Waals surface area contributed by atoms with Gasteiger partial charge < -0.3 is 9.84 Å². The topological polar surface area (TPSA) is 42.4 Å². The molecular formula is C10H12ClNO2. The zero-order chi connectivity index (χ0) is 10.4. The fourth-order valence-electron chi connectivity index (χ4n) is 0.902. The van der Waals surface area contributed by atoms with Gasteiger partial charge in [-0.05, 0) is 12.5 Å². The van der Waals surface area contributed by atoms with E-state index in [-0.39, 0.29) is 6.61 Å². The van der Waals surface area contributed by atoms with E-state index in [9.17, 15) is 0 Å². The molecule has 0 saturated heterocycles. The molecule has 1 heterocycles. The van der Waals surface area contributed by atoms with Crippen LogP contribution < -0.4 is 4.74 Å². The molecule has 14 heavy (non-hydrogen) atoms. The molecular weight excluding hydrogens is 202 g/mol. The molecule has 0 aliphatic rings. The predicted octanol–water partition coefficient (Wildman–Crippen LogP) is 2.18. The van der Waals surface area contributed by atoms with E-state index >= 15 is 0 Å². The highest BCUT2D eigenvalue weighted by Gasteiger charge is 2.02. The molecule has 0 aliphatic heterocycles. The summed E-state index contributed by atoms with van der Waals surface area (Å²) < 4.78 is 5.29. The summed E-state index contributed by atoms with van der Waals surface area (Å²) in [6.07, 6.45) is 2.53. The summed E-state index contributed by atoms with van der Waals surface area (Å²) in [4.78, 5) is 4.02. The van der Waals surface area contributed by atoms with Crippen molar-refractivity contribution in [2.45, 2.75) is 13.0 Å². The summed E-state index contributed by atoms with van der Waals surface area (Å²) in [5.41, 5.74) is 0.433. The lowest BCUT2D eigenvalue weighted by molar-refractivity contribution is 0.270. The Hall–Kier alpha value is -1.06. The Balaban J connectivity index is 2.64. The Morgan fingerprint density at radius 2 is 2.36 bits per heavy atom. The van der Waals surface area contributed by atoms with Crippen molar-refractivity contribution in [3.63, 3.8) is 0 Å². The van der Waals surface area contributed by atoms with Crippen LogP contribution in [0, 0.1) is 0 Å². The van der Waals surface area contributed by atoms with E-state index in [0.29, 0.717) is 23.2 Å². The third-order valence-corrected chi connectivity index (χ3v) is 1.96. The van der Waals surface area contributed by atoms with Crippen molar-refractivity contribution in [3.8, 4) is 5.88 Å². The summed E-state index contributed by atoms with van der Waals surface area (Å²) >= 11 is 5.76. The van der Waals surface area contributed by atoms with E-state index in [0.717, 1.165) is 6.42 Å². The number of aliphatic hydroxyl groups excluding tert-OH is 1. The van der Waals surface area contributed by atoms with Gasteiger partial charge in [0.1, 0.15) is 0 Å². The van der Waals surface area contributed by atoms with Gasteiger partial charge >= 0.3 is 0 Å². The van der Waals surface area contributed by atoms with Crippen molar-refractivity contribution in [3.05, 3.63) is 35.5 Å². The van der Waals surface area contributed by atoms with Gasteiger partial charge in [-0.1, -0.05) is 17.7 Å².